The number of amides is 2. The third-order valence-corrected chi connectivity index (χ3v) is 4.09. The molecule has 0 aliphatic rings. The van der Waals surface area contributed by atoms with Gasteiger partial charge in [-0.25, -0.2) is 4.39 Å². The Hall–Kier alpha value is -3.67. The Labute approximate surface area is 162 Å². The highest BCUT2D eigenvalue weighted by Crippen LogP contribution is 2.26. The van der Waals surface area contributed by atoms with Crippen molar-refractivity contribution in [2.45, 2.75) is 6.92 Å². The first kappa shape index (κ1) is 19.1. The molecule has 2 N–H and O–H groups in total. The number of anilines is 2. The highest BCUT2D eigenvalue weighted by molar-refractivity contribution is 6.09. The van der Waals surface area contributed by atoms with Gasteiger partial charge in [-0.1, -0.05) is 12.1 Å². The molecule has 142 valence electrons. The molecule has 2 amide bonds. The minimum atomic E-state index is -0.394. The lowest BCUT2D eigenvalue weighted by Gasteiger charge is -2.12. The van der Waals surface area contributed by atoms with Crippen molar-refractivity contribution in [3.8, 4) is 5.75 Å². The maximum atomic E-state index is 13.0. The van der Waals surface area contributed by atoms with E-state index in [2.05, 4.69) is 10.6 Å². The second-order valence-corrected chi connectivity index (χ2v) is 6.20. The molecule has 3 rings (SSSR count). The van der Waals surface area contributed by atoms with Crippen molar-refractivity contribution in [3.05, 3.63) is 89.2 Å². The number of hydrogen-bond acceptors (Lipinski definition) is 3. The second-order valence-electron chi connectivity index (χ2n) is 6.20. The van der Waals surface area contributed by atoms with Crippen LogP contribution in [0.15, 0.2) is 66.7 Å². The lowest BCUT2D eigenvalue weighted by molar-refractivity contribution is 0.102. The summed E-state index contributed by atoms with van der Waals surface area (Å²) < 4.78 is 18.2. The van der Waals surface area contributed by atoms with Crippen molar-refractivity contribution in [3.63, 3.8) is 0 Å². The number of hydrogen-bond donors (Lipinski definition) is 2. The van der Waals surface area contributed by atoms with Gasteiger partial charge in [-0.3, -0.25) is 9.59 Å². The van der Waals surface area contributed by atoms with Crippen molar-refractivity contribution in [1.82, 2.24) is 0 Å². The van der Waals surface area contributed by atoms with Crippen LogP contribution in [0.1, 0.15) is 26.3 Å². The minimum Gasteiger partial charge on any atom is -0.495 e. The van der Waals surface area contributed by atoms with Crippen LogP contribution in [0.4, 0.5) is 15.8 Å². The van der Waals surface area contributed by atoms with E-state index in [-0.39, 0.29) is 11.7 Å². The van der Waals surface area contributed by atoms with Crippen LogP contribution in [0, 0.1) is 12.7 Å². The number of halogens is 1. The highest BCUT2D eigenvalue weighted by Gasteiger charge is 2.13. The van der Waals surface area contributed by atoms with Gasteiger partial charge in [0.05, 0.1) is 12.8 Å². The number of nitrogens with one attached hydrogen (secondary N) is 2. The van der Waals surface area contributed by atoms with Crippen LogP contribution >= 0.6 is 0 Å². The average molecular weight is 378 g/mol. The lowest BCUT2D eigenvalue weighted by Crippen LogP contribution is -2.16. The fourth-order valence-corrected chi connectivity index (χ4v) is 2.65. The third-order valence-electron chi connectivity index (χ3n) is 4.09. The van der Waals surface area contributed by atoms with E-state index in [0.29, 0.717) is 28.3 Å². The van der Waals surface area contributed by atoms with Gasteiger partial charge in [0.25, 0.3) is 11.8 Å². The zero-order valence-electron chi connectivity index (χ0n) is 15.5. The molecule has 0 heterocycles. The second kappa shape index (κ2) is 8.35. The molecule has 0 aliphatic heterocycles. The van der Waals surface area contributed by atoms with Crippen LogP contribution in [-0.4, -0.2) is 18.9 Å². The standard InChI is InChI=1S/C22H19FN2O3/c1-14-6-11-20(28-2)19(12-14)25-22(27)16-5-3-4-15(13-16)21(26)24-18-9-7-17(23)8-10-18/h3-13H,1-2H3,(H,24,26)(H,25,27). The van der Waals surface area contributed by atoms with Crippen molar-refractivity contribution in [2.24, 2.45) is 0 Å². The molecule has 6 heteroatoms. The van der Waals surface area contributed by atoms with Gasteiger partial charge in [-0.15, -0.1) is 0 Å². The summed E-state index contributed by atoms with van der Waals surface area (Å²) in [7, 11) is 1.53. The molecule has 28 heavy (non-hydrogen) atoms. The van der Waals surface area contributed by atoms with Gasteiger partial charge in [0.1, 0.15) is 11.6 Å². The summed E-state index contributed by atoms with van der Waals surface area (Å²) in [5.41, 5.74) is 2.63. The van der Waals surface area contributed by atoms with Crippen molar-refractivity contribution in [1.29, 1.82) is 0 Å². The van der Waals surface area contributed by atoms with Crippen LogP contribution in [0.2, 0.25) is 0 Å². The lowest BCUT2D eigenvalue weighted by atomic mass is 10.1. The number of benzene rings is 3. The first-order valence-corrected chi connectivity index (χ1v) is 8.59. The van der Waals surface area contributed by atoms with Crippen LogP contribution in [0.5, 0.6) is 5.75 Å². The molecule has 0 bridgehead atoms. The fraction of sp³-hybridized carbons (Fsp3) is 0.0909. The van der Waals surface area contributed by atoms with Gasteiger partial charge in [0.15, 0.2) is 0 Å². The quantitative estimate of drug-likeness (QED) is 0.679. The molecular weight excluding hydrogens is 359 g/mol. The number of methoxy groups -OCH3 is 1. The van der Waals surface area contributed by atoms with Crippen LogP contribution in [0.25, 0.3) is 0 Å². The molecule has 0 saturated heterocycles. The van der Waals surface area contributed by atoms with Crippen LogP contribution in [0.3, 0.4) is 0 Å². The summed E-state index contributed by atoms with van der Waals surface area (Å²) in [4.78, 5) is 25.0. The predicted octanol–water partition coefficient (Wildman–Crippen LogP) is 4.65. The number of carbonyl (C=O) groups excluding carboxylic acids is 2. The summed E-state index contributed by atoms with van der Waals surface area (Å²) in [5, 5.41) is 5.47. The monoisotopic (exact) mass is 378 g/mol. The number of ether oxygens (including phenoxy) is 1. The van der Waals surface area contributed by atoms with E-state index in [1.807, 2.05) is 19.1 Å². The van der Waals surface area contributed by atoms with E-state index in [9.17, 15) is 14.0 Å². The van der Waals surface area contributed by atoms with E-state index >= 15 is 0 Å². The molecule has 0 unspecified atom stereocenters. The summed E-state index contributed by atoms with van der Waals surface area (Å²) >= 11 is 0. The number of carbonyl (C=O) groups is 2. The maximum Gasteiger partial charge on any atom is 0.255 e. The SMILES string of the molecule is COc1ccc(C)cc1NC(=O)c1cccc(C(=O)Nc2ccc(F)cc2)c1. The Bertz CT molecular complexity index is 1020. The molecule has 0 fully saturated rings. The van der Waals surface area contributed by atoms with Crippen molar-refractivity contribution < 1.29 is 18.7 Å². The van der Waals surface area contributed by atoms with Gasteiger partial charge in [-0.05, 0) is 67.1 Å². The summed E-state index contributed by atoms with van der Waals surface area (Å²) in [6, 6.07) is 17.3. The molecule has 0 aliphatic carbocycles. The van der Waals surface area contributed by atoms with E-state index in [0.717, 1.165) is 5.56 Å². The highest BCUT2D eigenvalue weighted by atomic mass is 19.1. The molecule has 3 aromatic carbocycles. The smallest absolute Gasteiger partial charge is 0.255 e. The van der Waals surface area contributed by atoms with E-state index in [4.69, 9.17) is 4.74 Å². The predicted molar refractivity (Wildman–Crippen MR) is 106 cm³/mol. The Balaban J connectivity index is 1.77. The normalized spacial score (nSPS) is 10.2. The van der Waals surface area contributed by atoms with E-state index in [1.165, 1.54) is 37.4 Å². The van der Waals surface area contributed by atoms with E-state index in [1.54, 1.807) is 24.3 Å². The third kappa shape index (κ3) is 4.54. The molecule has 0 atom stereocenters. The zero-order valence-corrected chi connectivity index (χ0v) is 15.5. The molecule has 0 saturated carbocycles. The van der Waals surface area contributed by atoms with Crippen LogP contribution in [-0.2, 0) is 0 Å². The molecule has 0 spiro atoms. The summed E-state index contributed by atoms with van der Waals surface area (Å²) in [6.45, 7) is 1.91. The Kier molecular flexibility index (Phi) is 5.69. The first-order valence-electron chi connectivity index (χ1n) is 8.59. The maximum absolute atomic E-state index is 13.0. The number of aryl methyl sites for hydroxylation is 1. The largest absolute Gasteiger partial charge is 0.495 e. The van der Waals surface area contributed by atoms with Gasteiger partial charge < -0.3 is 15.4 Å². The van der Waals surface area contributed by atoms with Gasteiger partial charge in [-0.2, -0.15) is 0 Å². The van der Waals surface area contributed by atoms with Gasteiger partial charge >= 0.3 is 0 Å². The molecule has 3 aromatic rings. The van der Waals surface area contributed by atoms with Crippen molar-refractivity contribution in [2.75, 3.05) is 17.7 Å². The number of rotatable bonds is 5. The Morgan fingerprint density at radius 3 is 2.14 bits per heavy atom. The molecule has 5 nitrogen and oxygen atoms in total. The Morgan fingerprint density at radius 2 is 1.50 bits per heavy atom. The molecule has 0 radical (unpaired) electrons. The fourth-order valence-electron chi connectivity index (χ4n) is 2.65. The Morgan fingerprint density at radius 1 is 0.857 bits per heavy atom. The van der Waals surface area contributed by atoms with Gasteiger partial charge in [0, 0.05) is 16.8 Å². The van der Waals surface area contributed by atoms with Crippen molar-refractivity contribution >= 4 is 23.2 Å². The summed E-state index contributed by atoms with van der Waals surface area (Å²) in [6.07, 6.45) is 0. The molecule has 0 aromatic heterocycles. The van der Waals surface area contributed by atoms with Gasteiger partial charge in [0.2, 0.25) is 0 Å². The minimum absolute atomic E-state index is 0.313. The topological polar surface area (TPSA) is 67.4 Å². The first-order chi connectivity index (χ1) is 13.5. The van der Waals surface area contributed by atoms with E-state index < -0.39 is 5.91 Å². The average Bonchev–Trinajstić information content (AvgIpc) is 2.70. The molecular formula is C22H19FN2O3. The van der Waals surface area contributed by atoms with Crippen LogP contribution < -0.4 is 15.4 Å². The zero-order chi connectivity index (χ0) is 20.1. The summed E-state index contributed by atoms with van der Waals surface area (Å²) in [5.74, 6) is -0.595.